The summed E-state index contributed by atoms with van der Waals surface area (Å²) in [5, 5.41) is 16.0. The molecule has 1 heterocycles. The second-order valence-corrected chi connectivity index (χ2v) is 4.83. The smallest absolute Gasteiger partial charge is 0.255 e. The molecule has 0 aliphatic heterocycles. The van der Waals surface area contributed by atoms with E-state index in [-0.39, 0.29) is 18.4 Å². The normalized spacial score (nSPS) is 12.5. The number of halogens is 1. The van der Waals surface area contributed by atoms with Crippen molar-refractivity contribution < 1.29 is 9.90 Å². The van der Waals surface area contributed by atoms with E-state index in [2.05, 4.69) is 10.4 Å². The van der Waals surface area contributed by atoms with E-state index in [4.69, 9.17) is 16.7 Å². The van der Waals surface area contributed by atoms with Gasteiger partial charge in [0.25, 0.3) is 5.91 Å². The quantitative estimate of drug-likeness (QED) is 0.763. The first-order valence-electron chi connectivity index (χ1n) is 6.00. The van der Waals surface area contributed by atoms with E-state index in [9.17, 15) is 4.79 Å². The summed E-state index contributed by atoms with van der Waals surface area (Å²) in [7, 11) is 0. The Morgan fingerprint density at radius 3 is 2.78 bits per heavy atom. The first kappa shape index (κ1) is 15.0. The maximum absolute atomic E-state index is 12.0. The molecule has 0 saturated carbocycles. The maximum atomic E-state index is 12.0. The molecule has 0 bridgehead atoms. The molecule has 0 aliphatic carbocycles. The van der Waals surface area contributed by atoms with Crippen LogP contribution in [0.4, 0.5) is 0 Å². The van der Waals surface area contributed by atoms with E-state index in [1.807, 2.05) is 20.8 Å². The summed E-state index contributed by atoms with van der Waals surface area (Å²) < 4.78 is 1.74. The van der Waals surface area contributed by atoms with Crippen molar-refractivity contribution in [2.75, 3.05) is 19.0 Å². The van der Waals surface area contributed by atoms with E-state index in [1.54, 1.807) is 4.68 Å². The van der Waals surface area contributed by atoms with Gasteiger partial charge in [-0.1, -0.05) is 6.92 Å². The minimum Gasteiger partial charge on any atom is -0.396 e. The molecule has 1 unspecified atom stereocenters. The van der Waals surface area contributed by atoms with Crippen LogP contribution < -0.4 is 5.32 Å². The molecule has 1 rings (SSSR count). The van der Waals surface area contributed by atoms with Crippen LogP contribution in [0.25, 0.3) is 0 Å². The number of hydrogen-bond acceptors (Lipinski definition) is 3. The van der Waals surface area contributed by atoms with Gasteiger partial charge in [0, 0.05) is 24.7 Å². The van der Waals surface area contributed by atoms with Crippen molar-refractivity contribution in [1.29, 1.82) is 0 Å². The molecule has 0 radical (unpaired) electrons. The highest BCUT2D eigenvalue weighted by Crippen LogP contribution is 2.13. The fraction of sp³-hybridized carbons (Fsp3) is 0.667. The van der Waals surface area contributed by atoms with Crippen molar-refractivity contribution in [3.05, 3.63) is 17.0 Å². The zero-order valence-corrected chi connectivity index (χ0v) is 11.8. The fourth-order valence-electron chi connectivity index (χ4n) is 1.74. The molecular weight excluding hydrogens is 254 g/mol. The number of amides is 1. The van der Waals surface area contributed by atoms with Gasteiger partial charge in [0.05, 0.1) is 17.8 Å². The lowest BCUT2D eigenvalue weighted by molar-refractivity contribution is 0.0941. The maximum Gasteiger partial charge on any atom is 0.255 e. The lowest BCUT2D eigenvalue weighted by Gasteiger charge is -2.10. The van der Waals surface area contributed by atoms with Crippen LogP contribution in [0, 0.1) is 19.8 Å². The summed E-state index contributed by atoms with van der Waals surface area (Å²) in [4.78, 5) is 12.0. The Hall–Kier alpha value is -1.07. The lowest BCUT2D eigenvalue weighted by Crippen LogP contribution is -2.30. The third-order valence-corrected chi connectivity index (χ3v) is 3.00. The van der Waals surface area contributed by atoms with Gasteiger partial charge >= 0.3 is 0 Å². The molecule has 1 atom stereocenters. The number of aromatic nitrogens is 2. The number of aryl methyl sites for hydroxylation is 2. The van der Waals surface area contributed by atoms with Crippen LogP contribution in [0.2, 0.25) is 0 Å². The van der Waals surface area contributed by atoms with E-state index < -0.39 is 0 Å². The zero-order chi connectivity index (χ0) is 13.7. The Kier molecular flexibility index (Phi) is 5.62. The van der Waals surface area contributed by atoms with Crippen LogP contribution in [0.3, 0.4) is 0 Å². The fourth-order valence-corrected chi connectivity index (χ4v) is 1.90. The Bertz CT molecular complexity index is 418. The van der Waals surface area contributed by atoms with Crippen molar-refractivity contribution in [1.82, 2.24) is 15.1 Å². The van der Waals surface area contributed by atoms with Crippen molar-refractivity contribution in [2.24, 2.45) is 5.92 Å². The largest absolute Gasteiger partial charge is 0.396 e. The first-order valence-corrected chi connectivity index (χ1v) is 6.53. The standard InChI is InChI=1S/C12H20ClN3O2/c1-8(7-17)6-14-12(18)11-9(2)15-16(5-4-13)10(11)3/h8,17H,4-7H2,1-3H3,(H,14,18). The average Bonchev–Trinajstić information content (AvgIpc) is 2.62. The number of alkyl halides is 1. The number of nitrogens with zero attached hydrogens (tertiary/aromatic N) is 2. The minimum absolute atomic E-state index is 0.0486. The van der Waals surface area contributed by atoms with Crippen LogP contribution in [0.15, 0.2) is 0 Å². The number of carbonyl (C=O) groups excluding carboxylic acids is 1. The molecule has 5 nitrogen and oxygen atoms in total. The predicted molar refractivity (Wildman–Crippen MR) is 71.0 cm³/mol. The van der Waals surface area contributed by atoms with Crippen LogP contribution in [-0.4, -0.2) is 39.8 Å². The highest BCUT2D eigenvalue weighted by Gasteiger charge is 2.18. The molecule has 1 amide bonds. The van der Waals surface area contributed by atoms with Crippen molar-refractivity contribution in [3.8, 4) is 0 Å². The van der Waals surface area contributed by atoms with Gasteiger partial charge in [-0.05, 0) is 19.8 Å². The Morgan fingerprint density at radius 1 is 1.56 bits per heavy atom. The van der Waals surface area contributed by atoms with Gasteiger partial charge in [-0.15, -0.1) is 11.6 Å². The number of aliphatic hydroxyl groups excluding tert-OH is 1. The van der Waals surface area contributed by atoms with E-state index in [1.165, 1.54) is 0 Å². The molecule has 2 N–H and O–H groups in total. The average molecular weight is 274 g/mol. The minimum atomic E-state index is -0.147. The number of aliphatic hydroxyl groups is 1. The number of rotatable bonds is 6. The highest BCUT2D eigenvalue weighted by atomic mass is 35.5. The SMILES string of the molecule is Cc1nn(CCCl)c(C)c1C(=O)NCC(C)CO. The molecule has 0 spiro atoms. The summed E-state index contributed by atoms with van der Waals surface area (Å²) in [6.07, 6.45) is 0. The second kappa shape index (κ2) is 6.75. The molecule has 0 aromatic carbocycles. The second-order valence-electron chi connectivity index (χ2n) is 4.46. The summed E-state index contributed by atoms with van der Waals surface area (Å²) >= 11 is 5.68. The molecule has 6 heteroatoms. The molecule has 1 aromatic rings. The summed E-state index contributed by atoms with van der Waals surface area (Å²) in [5.74, 6) is 0.364. The van der Waals surface area contributed by atoms with Crippen LogP contribution in [0.5, 0.6) is 0 Å². The third kappa shape index (κ3) is 3.46. The molecule has 0 aliphatic rings. The monoisotopic (exact) mass is 273 g/mol. The Labute approximate surface area is 112 Å². The number of carbonyl (C=O) groups is 1. The molecule has 102 valence electrons. The van der Waals surface area contributed by atoms with Crippen LogP contribution in [-0.2, 0) is 6.54 Å². The first-order chi connectivity index (χ1) is 8.51. The Morgan fingerprint density at radius 2 is 2.22 bits per heavy atom. The van der Waals surface area contributed by atoms with Gasteiger partial charge in [0.2, 0.25) is 0 Å². The molecule has 0 fully saturated rings. The van der Waals surface area contributed by atoms with Gasteiger partial charge in [0.15, 0.2) is 0 Å². The third-order valence-electron chi connectivity index (χ3n) is 2.83. The summed E-state index contributed by atoms with van der Waals surface area (Å²) in [6, 6.07) is 0. The number of hydrogen-bond donors (Lipinski definition) is 2. The molecule has 0 saturated heterocycles. The van der Waals surface area contributed by atoms with Gasteiger partial charge in [-0.25, -0.2) is 0 Å². The summed E-state index contributed by atoms with van der Waals surface area (Å²) in [5.41, 5.74) is 2.12. The van der Waals surface area contributed by atoms with Gasteiger partial charge in [-0.3, -0.25) is 9.48 Å². The highest BCUT2D eigenvalue weighted by molar-refractivity contribution is 6.17. The van der Waals surface area contributed by atoms with E-state index >= 15 is 0 Å². The summed E-state index contributed by atoms with van der Waals surface area (Å²) in [6.45, 7) is 6.64. The van der Waals surface area contributed by atoms with Crippen molar-refractivity contribution in [3.63, 3.8) is 0 Å². The van der Waals surface area contributed by atoms with Gasteiger partial charge in [-0.2, -0.15) is 5.10 Å². The number of nitrogens with one attached hydrogen (secondary N) is 1. The van der Waals surface area contributed by atoms with E-state index in [0.717, 1.165) is 5.69 Å². The van der Waals surface area contributed by atoms with Crippen LogP contribution >= 0.6 is 11.6 Å². The van der Waals surface area contributed by atoms with E-state index in [0.29, 0.717) is 30.2 Å². The molecular formula is C12H20ClN3O2. The lowest BCUT2D eigenvalue weighted by atomic mass is 10.1. The van der Waals surface area contributed by atoms with Gasteiger partial charge < -0.3 is 10.4 Å². The topological polar surface area (TPSA) is 67.2 Å². The Balaban J connectivity index is 2.79. The van der Waals surface area contributed by atoms with Crippen molar-refractivity contribution in [2.45, 2.75) is 27.3 Å². The predicted octanol–water partition coefficient (Wildman–Crippen LogP) is 1.10. The van der Waals surface area contributed by atoms with Crippen molar-refractivity contribution >= 4 is 17.5 Å². The molecule has 18 heavy (non-hydrogen) atoms. The van der Waals surface area contributed by atoms with Gasteiger partial charge in [0.1, 0.15) is 0 Å². The molecule has 1 aromatic heterocycles. The van der Waals surface area contributed by atoms with Crippen LogP contribution in [0.1, 0.15) is 28.7 Å². The zero-order valence-electron chi connectivity index (χ0n) is 11.0.